The number of hydrogen-bond acceptors (Lipinski definition) is 5. The van der Waals surface area contributed by atoms with Crippen LogP contribution in [0.2, 0.25) is 0 Å². The SMILES string of the molecule is CCNC(=O)CNc1ncnc(NC)c1CC. The maximum absolute atomic E-state index is 11.3. The van der Waals surface area contributed by atoms with Crippen molar-refractivity contribution in [3.05, 3.63) is 11.9 Å². The van der Waals surface area contributed by atoms with Crippen molar-refractivity contribution in [1.29, 1.82) is 0 Å². The van der Waals surface area contributed by atoms with Crippen molar-refractivity contribution in [3.63, 3.8) is 0 Å². The van der Waals surface area contributed by atoms with E-state index in [1.807, 2.05) is 20.9 Å². The summed E-state index contributed by atoms with van der Waals surface area (Å²) in [6.07, 6.45) is 2.28. The molecule has 0 saturated carbocycles. The maximum atomic E-state index is 11.3. The Bertz CT molecular complexity index is 380. The van der Waals surface area contributed by atoms with Gasteiger partial charge in [-0.15, -0.1) is 0 Å². The van der Waals surface area contributed by atoms with Crippen LogP contribution in [-0.4, -0.2) is 36.0 Å². The van der Waals surface area contributed by atoms with Crippen molar-refractivity contribution in [3.8, 4) is 0 Å². The van der Waals surface area contributed by atoms with Gasteiger partial charge >= 0.3 is 0 Å². The third-order valence-corrected chi connectivity index (χ3v) is 2.33. The molecule has 1 rings (SSSR count). The van der Waals surface area contributed by atoms with Gasteiger partial charge in [-0.3, -0.25) is 4.79 Å². The first-order chi connectivity index (χ1) is 8.22. The average molecular weight is 237 g/mol. The van der Waals surface area contributed by atoms with Crippen LogP contribution in [0.25, 0.3) is 0 Å². The fourth-order valence-electron chi connectivity index (χ4n) is 1.54. The minimum atomic E-state index is -0.0424. The van der Waals surface area contributed by atoms with E-state index in [1.54, 1.807) is 0 Å². The Balaban J connectivity index is 2.73. The largest absolute Gasteiger partial charge is 0.373 e. The monoisotopic (exact) mass is 237 g/mol. The van der Waals surface area contributed by atoms with Crippen LogP contribution in [0.15, 0.2) is 6.33 Å². The Hall–Kier alpha value is -1.85. The summed E-state index contributed by atoms with van der Waals surface area (Å²) in [5.74, 6) is 1.46. The molecule has 1 aromatic rings. The minimum Gasteiger partial charge on any atom is -0.373 e. The molecule has 94 valence electrons. The second-order valence-corrected chi connectivity index (χ2v) is 3.46. The molecule has 6 nitrogen and oxygen atoms in total. The van der Waals surface area contributed by atoms with Gasteiger partial charge in [-0.2, -0.15) is 0 Å². The van der Waals surface area contributed by atoms with Crippen LogP contribution in [0.5, 0.6) is 0 Å². The summed E-state index contributed by atoms with van der Waals surface area (Å²) >= 11 is 0. The van der Waals surface area contributed by atoms with E-state index in [-0.39, 0.29) is 12.5 Å². The van der Waals surface area contributed by atoms with Gasteiger partial charge in [-0.1, -0.05) is 6.92 Å². The maximum Gasteiger partial charge on any atom is 0.239 e. The summed E-state index contributed by atoms with van der Waals surface area (Å²) in [4.78, 5) is 19.6. The highest BCUT2D eigenvalue weighted by Crippen LogP contribution is 2.19. The van der Waals surface area contributed by atoms with Gasteiger partial charge < -0.3 is 16.0 Å². The van der Waals surface area contributed by atoms with Crippen LogP contribution in [0, 0.1) is 0 Å². The molecular formula is C11H19N5O. The second-order valence-electron chi connectivity index (χ2n) is 3.46. The van der Waals surface area contributed by atoms with E-state index in [1.165, 1.54) is 6.33 Å². The van der Waals surface area contributed by atoms with E-state index in [0.29, 0.717) is 12.4 Å². The molecule has 17 heavy (non-hydrogen) atoms. The highest BCUT2D eigenvalue weighted by molar-refractivity contribution is 5.80. The second kappa shape index (κ2) is 6.67. The molecule has 0 atom stereocenters. The first kappa shape index (κ1) is 13.2. The summed E-state index contributed by atoms with van der Waals surface area (Å²) in [6.45, 7) is 4.77. The molecule has 3 N–H and O–H groups in total. The first-order valence-corrected chi connectivity index (χ1v) is 5.75. The number of carbonyl (C=O) groups excluding carboxylic acids is 1. The predicted molar refractivity (Wildman–Crippen MR) is 68.1 cm³/mol. The number of nitrogens with one attached hydrogen (secondary N) is 3. The lowest BCUT2D eigenvalue weighted by Gasteiger charge is -2.12. The van der Waals surface area contributed by atoms with Crippen molar-refractivity contribution in [1.82, 2.24) is 15.3 Å². The number of rotatable bonds is 6. The van der Waals surface area contributed by atoms with Crippen LogP contribution in [0.3, 0.4) is 0 Å². The van der Waals surface area contributed by atoms with Crippen molar-refractivity contribution >= 4 is 17.5 Å². The van der Waals surface area contributed by atoms with Crippen LogP contribution in [0.4, 0.5) is 11.6 Å². The smallest absolute Gasteiger partial charge is 0.239 e. The van der Waals surface area contributed by atoms with Crippen molar-refractivity contribution in [2.24, 2.45) is 0 Å². The lowest BCUT2D eigenvalue weighted by molar-refractivity contribution is -0.119. The molecule has 0 aromatic carbocycles. The molecule has 0 aliphatic rings. The van der Waals surface area contributed by atoms with Gasteiger partial charge in [0.05, 0.1) is 6.54 Å². The van der Waals surface area contributed by atoms with E-state index in [4.69, 9.17) is 0 Å². The molecule has 0 spiro atoms. The average Bonchev–Trinajstić information content (AvgIpc) is 2.36. The minimum absolute atomic E-state index is 0.0424. The van der Waals surface area contributed by atoms with Gasteiger partial charge in [0, 0.05) is 19.2 Å². The highest BCUT2D eigenvalue weighted by Gasteiger charge is 2.09. The van der Waals surface area contributed by atoms with E-state index in [9.17, 15) is 4.79 Å². The number of hydrogen-bond donors (Lipinski definition) is 3. The fraction of sp³-hybridized carbons (Fsp3) is 0.545. The Morgan fingerprint density at radius 1 is 1.29 bits per heavy atom. The van der Waals surface area contributed by atoms with E-state index in [0.717, 1.165) is 17.8 Å². The number of likely N-dealkylation sites (N-methyl/N-ethyl adjacent to an activating group) is 1. The van der Waals surface area contributed by atoms with Crippen molar-refractivity contribution in [2.45, 2.75) is 20.3 Å². The number of amides is 1. The molecule has 0 saturated heterocycles. The van der Waals surface area contributed by atoms with Gasteiger partial charge in [0.15, 0.2) is 0 Å². The quantitative estimate of drug-likeness (QED) is 0.676. The molecule has 0 fully saturated rings. The van der Waals surface area contributed by atoms with Gasteiger partial charge in [0.2, 0.25) is 5.91 Å². The summed E-state index contributed by atoms with van der Waals surface area (Å²) in [5, 5.41) is 8.75. The fourth-order valence-corrected chi connectivity index (χ4v) is 1.54. The van der Waals surface area contributed by atoms with Gasteiger partial charge in [-0.05, 0) is 13.3 Å². The number of nitrogens with zero attached hydrogens (tertiary/aromatic N) is 2. The Morgan fingerprint density at radius 2 is 2.00 bits per heavy atom. The van der Waals surface area contributed by atoms with Crippen LogP contribution in [0.1, 0.15) is 19.4 Å². The molecule has 1 amide bonds. The van der Waals surface area contributed by atoms with Crippen molar-refractivity contribution in [2.75, 3.05) is 30.8 Å². The third-order valence-electron chi connectivity index (χ3n) is 2.33. The Kier molecular flexibility index (Phi) is 5.19. The molecule has 0 aliphatic heterocycles. The number of anilines is 2. The molecule has 1 heterocycles. The number of carbonyl (C=O) groups is 1. The standard InChI is InChI=1S/C11H19N5O/c1-4-8-10(12-3)15-7-16-11(8)14-6-9(17)13-5-2/h7H,4-6H2,1-3H3,(H,13,17)(H2,12,14,15,16). The zero-order valence-corrected chi connectivity index (χ0v) is 10.5. The normalized spacial score (nSPS) is 9.82. The molecule has 1 aromatic heterocycles. The van der Waals surface area contributed by atoms with E-state index >= 15 is 0 Å². The Labute approximate surface area is 101 Å². The van der Waals surface area contributed by atoms with E-state index < -0.39 is 0 Å². The van der Waals surface area contributed by atoms with E-state index in [2.05, 4.69) is 25.9 Å². The third kappa shape index (κ3) is 3.58. The zero-order valence-electron chi connectivity index (χ0n) is 10.5. The predicted octanol–water partition coefficient (Wildman–Crippen LogP) is 0.629. The zero-order chi connectivity index (χ0) is 12.7. The van der Waals surface area contributed by atoms with Crippen LogP contribution >= 0.6 is 0 Å². The molecule has 0 unspecified atom stereocenters. The molecule has 0 radical (unpaired) electrons. The molecule has 0 aliphatic carbocycles. The number of aromatic nitrogens is 2. The summed E-state index contributed by atoms with van der Waals surface area (Å²) < 4.78 is 0. The van der Waals surface area contributed by atoms with Gasteiger partial charge in [0.25, 0.3) is 0 Å². The molecule has 0 bridgehead atoms. The van der Waals surface area contributed by atoms with Crippen LogP contribution in [-0.2, 0) is 11.2 Å². The van der Waals surface area contributed by atoms with Gasteiger partial charge in [0.1, 0.15) is 18.0 Å². The topological polar surface area (TPSA) is 78.9 Å². The highest BCUT2D eigenvalue weighted by atomic mass is 16.1. The molecule has 6 heteroatoms. The molecular weight excluding hydrogens is 218 g/mol. The van der Waals surface area contributed by atoms with Crippen molar-refractivity contribution < 1.29 is 4.79 Å². The Morgan fingerprint density at radius 3 is 2.59 bits per heavy atom. The van der Waals surface area contributed by atoms with Crippen LogP contribution < -0.4 is 16.0 Å². The van der Waals surface area contributed by atoms with Gasteiger partial charge in [-0.25, -0.2) is 9.97 Å². The summed E-state index contributed by atoms with van der Waals surface area (Å²) in [6, 6.07) is 0. The lowest BCUT2D eigenvalue weighted by Crippen LogP contribution is -2.30. The first-order valence-electron chi connectivity index (χ1n) is 5.75. The summed E-state index contributed by atoms with van der Waals surface area (Å²) in [7, 11) is 1.81. The summed E-state index contributed by atoms with van der Waals surface area (Å²) in [5.41, 5.74) is 0.985. The lowest BCUT2D eigenvalue weighted by atomic mass is 10.2.